The summed E-state index contributed by atoms with van der Waals surface area (Å²) in [4.78, 5) is 21.7. The number of thioether (sulfide) groups is 1. The fourth-order valence-corrected chi connectivity index (χ4v) is 3.45. The van der Waals surface area contributed by atoms with Crippen LogP contribution >= 0.6 is 11.8 Å². The third-order valence-corrected chi connectivity index (χ3v) is 4.92. The van der Waals surface area contributed by atoms with Crippen molar-refractivity contribution >= 4 is 17.7 Å². The normalized spacial score (nSPS) is 10.7. The standard InChI is InChI=1S/C21H16N4OS/c26-20(17-10-5-2-6-11-17)25-21(27-15-16-8-3-1-4-9-16)23-19(24-25)18-12-7-13-22-14-18/h1-14H,15H2. The molecule has 0 radical (unpaired) electrons. The molecule has 2 aromatic carbocycles. The van der Waals surface area contributed by atoms with Crippen molar-refractivity contribution in [2.75, 3.05) is 0 Å². The van der Waals surface area contributed by atoms with Crippen LogP contribution in [0.25, 0.3) is 11.4 Å². The van der Waals surface area contributed by atoms with Crippen LogP contribution in [-0.2, 0) is 5.75 Å². The Bertz CT molecular complexity index is 1030. The van der Waals surface area contributed by atoms with Gasteiger partial charge in [-0.1, -0.05) is 60.3 Å². The summed E-state index contributed by atoms with van der Waals surface area (Å²) in [5.41, 5.74) is 2.51. The lowest BCUT2D eigenvalue weighted by Gasteiger charge is -2.04. The smallest absolute Gasteiger partial charge is 0.267 e. The van der Waals surface area contributed by atoms with Gasteiger partial charge in [0.1, 0.15) is 0 Å². The van der Waals surface area contributed by atoms with Crippen molar-refractivity contribution in [3.63, 3.8) is 0 Å². The molecular weight excluding hydrogens is 356 g/mol. The van der Waals surface area contributed by atoms with Crippen LogP contribution in [0.4, 0.5) is 0 Å². The second-order valence-corrected chi connectivity index (χ2v) is 6.76. The summed E-state index contributed by atoms with van der Waals surface area (Å²) in [6, 6.07) is 22.9. The first-order valence-corrected chi connectivity index (χ1v) is 9.44. The lowest BCUT2D eigenvalue weighted by Crippen LogP contribution is -2.15. The highest BCUT2D eigenvalue weighted by molar-refractivity contribution is 7.98. The van der Waals surface area contributed by atoms with Gasteiger partial charge in [-0.25, -0.2) is 4.98 Å². The summed E-state index contributed by atoms with van der Waals surface area (Å²) >= 11 is 1.49. The van der Waals surface area contributed by atoms with E-state index in [0.29, 0.717) is 22.3 Å². The summed E-state index contributed by atoms with van der Waals surface area (Å²) in [6.45, 7) is 0. The Morgan fingerprint density at radius 1 is 0.926 bits per heavy atom. The van der Waals surface area contributed by atoms with Gasteiger partial charge >= 0.3 is 0 Å². The number of carbonyl (C=O) groups is 1. The van der Waals surface area contributed by atoms with E-state index in [0.717, 1.165) is 11.1 Å². The molecule has 0 unspecified atom stereocenters. The number of nitrogens with zero attached hydrogens (tertiary/aromatic N) is 4. The summed E-state index contributed by atoms with van der Waals surface area (Å²) < 4.78 is 1.38. The Morgan fingerprint density at radius 2 is 1.67 bits per heavy atom. The number of pyridine rings is 1. The first-order valence-electron chi connectivity index (χ1n) is 8.45. The van der Waals surface area contributed by atoms with Gasteiger partial charge in [-0.05, 0) is 29.8 Å². The van der Waals surface area contributed by atoms with Crippen LogP contribution in [0.2, 0.25) is 0 Å². The Morgan fingerprint density at radius 3 is 2.37 bits per heavy atom. The van der Waals surface area contributed by atoms with E-state index in [2.05, 4.69) is 27.2 Å². The van der Waals surface area contributed by atoms with Crippen LogP contribution < -0.4 is 0 Å². The molecule has 4 rings (SSSR count). The Kier molecular flexibility index (Phi) is 5.07. The van der Waals surface area contributed by atoms with E-state index in [9.17, 15) is 4.79 Å². The minimum Gasteiger partial charge on any atom is -0.267 e. The van der Waals surface area contributed by atoms with Gasteiger partial charge in [0.2, 0.25) is 0 Å². The van der Waals surface area contributed by atoms with Crippen LogP contribution in [0.1, 0.15) is 15.9 Å². The highest BCUT2D eigenvalue weighted by Crippen LogP contribution is 2.25. The largest absolute Gasteiger partial charge is 0.280 e. The van der Waals surface area contributed by atoms with Crippen LogP contribution in [0, 0.1) is 0 Å². The molecule has 0 atom stereocenters. The molecular formula is C21H16N4OS. The van der Waals surface area contributed by atoms with Gasteiger partial charge in [0.15, 0.2) is 11.0 Å². The molecule has 0 bridgehead atoms. The molecule has 132 valence electrons. The maximum absolute atomic E-state index is 13.0. The van der Waals surface area contributed by atoms with Crippen molar-refractivity contribution in [3.8, 4) is 11.4 Å². The van der Waals surface area contributed by atoms with Gasteiger partial charge in [-0.2, -0.15) is 4.68 Å². The van der Waals surface area contributed by atoms with E-state index in [1.807, 2.05) is 48.5 Å². The summed E-state index contributed by atoms with van der Waals surface area (Å²) in [7, 11) is 0. The highest BCUT2D eigenvalue weighted by Gasteiger charge is 2.19. The molecule has 0 fully saturated rings. The Hall–Kier alpha value is -3.25. The number of rotatable bonds is 5. The molecule has 2 heterocycles. The van der Waals surface area contributed by atoms with E-state index < -0.39 is 0 Å². The third-order valence-electron chi connectivity index (χ3n) is 3.92. The minimum atomic E-state index is -0.200. The number of benzene rings is 2. The van der Waals surface area contributed by atoms with E-state index in [1.165, 1.54) is 16.4 Å². The van der Waals surface area contributed by atoms with Gasteiger partial charge in [0.05, 0.1) is 0 Å². The molecule has 4 aromatic rings. The van der Waals surface area contributed by atoms with Crippen LogP contribution in [-0.4, -0.2) is 25.7 Å². The molecule has 0 amide bonds. The fraction of sp³-hybridized carbons (Fsp3) is 0.0476. The zero-order valence-corrected chi connectivity index (χ0v) is 15.2. The lowest BCUT2D eigenvalue weighted by molar-refractivity contribution is 0.0933. The fourth-order valence-electron chi connectivity index (χ4n) is 2.57. The minimum absolute atomic E-state index is 0.200. The first-order chi connectivity index (χ1) is 13.3. The van der Waals surface area contributed by atoms with Crippen molar-refractivity contribution in [3.05, 3.63) is 96.3 Å². The van der Waals surface area contributed by atoms with Crippen molar-refractivity contribution < 1.29 is 4.79 Å². The molecule has 0 saturated heterocycles. The molecule has 27 heavy (non-hydrogen) atoms. The monoisotopic (exact) mass is 372 g/mol. The number of hydrogen-bond donors (Lipinski definition) is 0. The van der Waals surface area contributed by atoms with Crippen LogP contribution in [0.15, 0.2) is 90.3 Å². The Balaban J connectivity index is 1.69. The molecule has 0 spiro atoms. The van der Waals surface area contributed by atoms with E-state index in [1.54, 1.807) is 24.5 Å². The number of aromatic nitrogens is 4. The zero-order valence-electron chi connectivity index (χ0n) is 14.4. The molecule has 0 aliphatic rings. The average molecular weight is 372 g/mol. The molecule has 0 N–H and O–H groups in total. The van der Waals surface area contributed by atoms with E-state index in [4.69, 9.17) is 0 Å². The van der Waals surface area contributed by atoms with Crippen molar-refractivity contribution in [2.45, 2.75) is 10.9 Å². The number of hydrogen-bond acceptors (Lipinski definition) is 5. The molecule has 5 nitrogen and oxygen atoms in total. The zero-order chi connectivity index (χ0) is 18.5. The first kappa shape index (κ1) is 17.2. The quantitative estimate of drug-likeness (QED) is 0.488. The van der Waals surface area contributed by atoms with Gasteiger partial charge in [0, 0.05) is 29.3 Å². The molecule has 0 saturated carbocycles. The highest BCUT2D eigenvalue weighted by atomic mass is 32.2. The van der Waals surface area contributed by atoms with Crippen molar-refractivity contribution in [1.82, 2.24) is 19.7 Å². The molecule has 2 aromatic heterocycles. The second-order valence-electron chi connectivity index (χ2n) is 5.82. The second kappa shape index (κ2) is 7.97. The lowest BCUT2D eigenvalue weighted by atomic mass is 10.2. The maximum atomic E-state index is 13.0. The molecule has 6 heteroatoms. The SMILES string of the molecule is O=C(c1ccccc1)n1nc(-c2cccnc2)nc1SCc1ccccc1. The van der Waals surface area contributed by atoms with Gasteiger partial charge in [-0.15, -0.1) is 5.10 Å². The summed E-state index contributed by atoms with van der Waals surface area (Å²) in [6.07, 6.45) is 3.39. The Labute approximate surface area is 161 Å². The van der Waals surface area contributed by atoms with Gasteiger partial charge in [-0.3, -0.25) is 9.78 Å². The third kappa shape index (κ3) is 3.96. The van der Waals surface area contributed by atoms with E-state index in [-0.39, 0.29) is 5.91 Å². The van der Waals surface area contributed by atoms with Crippen molar-refractivity contribution in [1.29, 1.82) is 0 Å². The average Bonchev–Trinajstić information content (AvgIpc) is 3.18. The molecule has 0 aliphatic heterocycles. The predicted octanol–water partition coefficient (Wildman–Crippen LogP) is 4.32. The van der Waals surface area contributed by atoms with Gasteiger partial charge in [0.25, 0.3) is 5.91 Å². The predicted molar refractivity (Wildman–Crippen MR) is 105 cm³/mol. The maximum Gasteiger partial charge on any atom is 0.280 e. The van der Waals surface area contributed by atoms with Crippen LogP contribution in [0.5, 0.6) is 0 Å². The topological polar surface area (TPSA) is 60.7 Å². The van der Waals surface area contributed by atoms with Crippen molar-refractivity contribution in [2.24, 2.45) is 0 Å². The molecule has 0 aliphatic carbocycles. The summed E-state index contributed by atoms with van der Waals surface area (Å²) in [5.74, 6) is 0.991. The van der Waals surface area contributed by atoms with Gasteiger partial charge < -0.3 is 0 Å². The van der Waals surface area contributed by atoms with E-state index >= 15 is 0 Å². The number of carbonyl (C=O) groups excluding carboxylic acids is 1. The summed E-state index contributed by atoms with van der Waals surface area (Å²) in [5, 5.41) is 5.03. The van der Waals surface area contributed by atoms with Crippen LogP contribution in [0.3, 0.4) is 0 Å².